The molecule has 0 N–H and O–H groups in total. The second kappa shape index (κ2) is 9.83. The summed E-state index contributed by atoms with van der Waals surface area (Å²) in [6.45, 7) is 5.67. The molecule has 0 saturated heterocycles. The lowest BCUT2D eigenvalue weighted by Crippen LogP contribution is -2.33. The summed E-state index contributed by atoms with van der Waals surface area (Å²) in [5, 5.41) is 0.755. The number of thiazole rings is 1. The predicted molar refractivity (Wildman–Crippen MR) is 125 cm³/mol. The molecule has 0 aliphatic rings. The van der Waals surface area contributed by atoms with Crippen molar-refractivity contribution < 1.29 is 4.79 Å². The fourth-order valence-corrected chi connectivity index (χ4v) is 4.40. The summed E-state index contributed by atoms with van der Waals surface area (Å²) in [6.07, 6.45) is 0.892. The summed E-state index contributed by atoms with van der Waals surface area (Å²) >= 11 is 5.07. The van der Waals surface area contributed by atoms with Gasteiger partial charge in [0.15, 0.2) is 5.13 Å². The lowest BCUT2D eigenvalue weighted by Gasteiger charge is -2.21. The number of hydrogen-bond acceptors (Lipinski definition) is 4. The molecule has 1 heterocycles. The van der Waals surface area contributed by atoms with Gasteiger partial charge in [-0.15, -0.1) is 12.4 Å². The lowest BCUT2D eigenvalue weighted by molar-refractivity contribution is 0.0986. The van der Waals surface area contributed by atoms with Crippen LogP contribution in [0.2, 0.25) is 0 Å². The number of halogens is 2. The van der Waals surface area contributed by atoms with Crippen LogP contribution in [0.1, 0.15) is 27.9 Å². The Bertz CT molecular complexity index is 973. The quantitative estimate of drug-likeness (QED) is 0.452. The average Bonchev–Trinajstić information content (AvgIpc) is 3.03. The molecule has 0 fully saturated rings. The third-order valence-corrected chi connectivity index (χ3v) is 6.09. The zero-order chi connectivity index (χ0) is 19.6. The van der Waals surface area contributed by atoms with E-state index in [1.807, 2.05) is 56.3 Å². The zero-order valence-electron chi connectivity index (χ0n) is 16.5. The standard InChI is InChI=1S/C21H24BrN3OS.ClH/c1-14-6-7-16(12-15(14)2)20(26)25(11-5-10-24(3)4)21-23-18-9-8-17(22)13-19(18)27-21;/h6-9,12-13H,5,10-11H2,1-4H3;1H. The number of amides is 1. The molecule has 0 unspecified atom stereocenters. The van der Waals surface area contributed by atoms with Crippen molar-refractivity contribution in [2.45, 2.75) is 20.3 Å². The highest BCUT2D eigenvalue weighted by molar-refractivity contribution is 9.10. The Morgan fingerprint density at radius 1 is 1.07 bits per heavy atom. The van der Waals surface area contributed by atoms with Crippen LogP contribution in [0, 0.1) is 13.8 Å². The number of fused-ring (bicyclic) bond motifs is 1. The van der Waals surface area contributed by atoms with Gasteiger partial charge in [0.2, 0.25) is 0 Å². The molecule has 4 nitrogen and oxygen atoms in total. The molecule has 0 aliphatic heterocycles. The molecule has 28 heavy (non-hydrogen) atoms. The van der Waals surface area contributed by atoms with E-state index >= 15 is 0 Å². The predicted octanol–water partition coefficient (Wildman–Crippen LogP) is 5.70. The molecule has 0 bridgehead atoms. The first-order chi connectivity index (χ1) is 12.8. The molecular formula is C21H25BrClN3OS. The molecule has 3 rings (SSSR count). The van der Waals surface area contributed by atoms with Crippen LogP contribution in [0.3, 0.4) is 0 Å². The number of aromatic nitrogens is 1. The van der Waals surface area contributed by atoms with Crippen molar-refractivity contribution in [2.75, 3.05) is 32.1 Å². The highest BCUT2D eigenvalue weighted by Crippen LogP contribution is 2.32. The molecule has 7 heteroatoms. The summed E-state index contributed by atoms with van der Waals surface area (Å²) in [4.78, 5) is 22.0. The van der Waals surface area contributed by atoms with Crippen LogP contribution >= 0.6 is 39.7 Å². The molecule has 2 aromatic carbocycles. The molecule has 1 aromatic heterocycles. The molecule has 0 atom stereocenters. The molecule has 3 aromatic rings. The minimum atomic E-state index is 0. The summed E-state index contributed by atoms with van der Waals surface area (Å²) < 4.78 is 2.09. The maximum atomic E-state index is 13.3. The van der Waals surface area contributed by atoms with Crippen molar-refractivity contribution >= 4 is 60.9 Å². The van der Waals surface area contributed by atoms with Crippen molar-refractivity contribution in [3.63, 3.8) is 0 Å². The number of hydrogen-bond donors (Lipinski definition) is 0. The number of carbonyl (C=O) groups excluding carboxylic acids is 1. The molecular weight excluding hydrogens is 458 g/mol. The third-order valence-electron chi connectivity index (χ3n) is 4.56. The second-order valence-electron chi connectivity index (χ2n) is 7.02. The van der Waals surface area contributed by atoms with Gasteiger partial charge >= 0.3 is 0 Å². The monoisotopic (exact) mass is 481 g/mol. The zero-order valence-corrected chi connectivity index (χ0v) is 19.7. The largest absolute Gasteiger partial charge is 0.309 e. The van der Waals surface area contributed by atoms with E-state index in [4.69, 9.17) is 4.98 Å². The molecule has 150 valence electrons. The lowest BCUT2D eigenvalue weighted by atomic mass is 10.1. The summed E-state index contributed by atoms with van der Waals surface area (Å²) in [5.41, 5.74) is 3.95. The van der Waals surface area contributed by atoms with Gasteiger partial charge < -0.3 is 4.90 Å². The molecule has 1 amide bonds. The van der Waals surface area contributed by atoms with E-state index in [1.165, 1.54) is 5.56 Å². The van der Waals surface area contributed by atoms with Crippen LogP contribution in [0.4, 0.5) is 5.13 Å². The third kappa shape index (κ3) is 5.32. The number of aryl methyl sites for hydroxylation is 2. The van der Waals surface area contributed by atoms with Gasteiger partial charge in [0.25, 0.3) is 5.91 Å². The van der Waals surface area contributed by atoms with E-state index < -0.39 is 0 Å². The Morgan fingerprint density at radius 3 is 2.50 bits per heavy atom. The summed E-state index contributed by atoms with van der Waals surface area (Å²) in [5.74, 6) is 0.00924. The second-order valence-corrected chi connectivity index (χ2v) is 8.95. The van der Waals surface area contributed by atoms with Crippen LogP contribution < -0.4 is 4.90 Å². The smallest absolute Gasteiger partial charge is 0.260 e. The van der Waals surface area contributed by atoms with Crippen molar-refractivity contribution in [1.29, 1.82) is 0 Å². The van der Waals surface area contributed by atoms with Gasteiger partial charge in [-0.2, -0.15) is 0 Å². The maximum absolute atomic E-state index is 13.3. The average molecular weight is 483 g/mol. The molecule has 0 spiro atoms. The van der Waals surface area contributed by atoms with E-state index in [1.54, 1.807) is 11.3 Å². The summed E-state index contributed by atoms with van der Waals surface area (Å²) in [6, 6.07) is 11.9. The van der Waals surface area contributed by atoms with Gasteiger partial charge in [0.1, 0.15) is 0 Å². The number of rotatable bonds is 6. The first-order valence-corrected chi connectivity index (χ1v) is 10.6. The van der Waals surface area contributed by atoms with Crippen LogP contribution in [0.5, 0.6) is 0 Å². The summed E-state index contributed by atoms with van der Waals surface area (Å²) in [7, 11) is 4.09. The van der Waals surface area contributed by atoms with Gasteiger partial charge in [0.05, 0.1) is 10.2 Å². The van der Waals surface area contributed by atoms with Crippen LogP contribution in [0.15, 0.2) is 40.9 Å². The van der Waals surface area contributed by atoms with E-state index in [-0.39, 0.29) is 18.3 Å². The van der Waals surface area contributed by atoms with Crippen LogP contribution in [0.25, 0.3) is 10.2 Å². The van der Waals surface area contributed by atoms with Crippen molar-refractivity contribution in [3.8, 4) is 0 Å². The van der Waals surface area contributed by atoms with E-state index in [0.717, 1.165) is 38.3 Å². The SMILES string of the molecule is Cc1ccc(C(=O)N(CCCN(C)C)c2nc3ccc(Br)cc3s2)cc1C.Cl. The van der Waals surface area contributed by atoms with Crippen LogP contribution in [-0.4, -0.2) is 43.0 Å². The fraction of sp³-hybridized carbons (Fsp3) is 0.333. The van der Waals surface area contributed by atoms with E-state index in [2.05, 4.69) is 33.8 Å². The van der Waals surface area contributed by atoms with Crippen LogP contribution in [-0.2, 0) is 0 Å². The van der Waals surface area contributed by atoms with Gasteiger partial charge in [-0.1, -0.05) is 33.3 Å². The number of nitrogens with zero attached hydrogens (tertiary/aromatic N) is 3. The topological polar surface area (TPSA) is 36.4 Å². The fourth-order valence-electron chi connectivity index (χ4n) is 2.86. The molecule has 0 saturated carbocycles. The Labute approximate surface area is 185 Å². The number of benzene rings is 2. The minimum Gasteiger partial charge on any atom is -0.309 e. The number of anilines is 1. The Morgan fingerprint density at radius 2 is 1.82 bits per heavy atom. The Balaban J connectivity index is 0.00000280. The Kier molecular flexibility index (Phi) is 8.01. The normalized spacial score (nSPS) is 10.9. The maximum Gasteiger partial charge on any atom is 0.260 e. The van der Waals surface area contributed by atoms with Gasteiger partial charge in [-0.3, -0.25) is 9.69 Å². The van der Waals surface area contributed by atoms with Gasteiger partial charge in [-0.25, -0.2) is 4.98 Å². The number of carbonyl (C=O) groups is 1. The van der Waals surface area contributed by atoms with Gasteiger partial charge in [-0.05, 0) is 82.4 Å². The van der Waals surface area contributed by atoms with Crippen molar-refractivity contribution in [2.24, 2.45) is 0 Å². The minimum absolute atomic E-state index is 0. The highest BCUT2D eigenvalue weighted by atomic mass is 79.9. The Hall–Kier alpha value is -1.47. The van der Waals surface area contributed by atoms with E-state index in [0.29, 0.717) is 12.1 Å². The highest BCUT2D eigenvalue weighted by Gasteiger charge is 2.21. The van der Waals surface area contributed by atoms with E-state index in [9.17, 15) is 4.79 Å². The van der Waals surface area contributed by atoms with Crippen molar-refractivity contribution in [1.82, 2.24) is 9.88 Å². The first-order valence-electron chi connectivity index (χ1n) is 8.95. The molecule has 0 aliphatic carbocycles. The molecule has 0 radical (unpaired) electrons. The first kappa shape index (κ1) is 22.8. The van der Waals surface area contributed by atoms with Gasteiger partial charge in [0, 0.05) is 16.6 Å². The van der Waals surface area contributed by atoms with Crippen molar-refractivity contribution in [3.05, 3.63) is 57.6 Å².